The van der Waals surface area contributed by atoms with Crippen LogP contribution in [0.15, 0.2) is 42.5 Å². The summed E-state index contributed by atoms with van der Waals surface area (Å²) in [5.41, 5.74) is 3.97. The van der Waals surface area contributed by atoms with Crippen LogP contribution in [0.25, 0.3) is 0 Å². The second-order valence-electron chi connectivity index (χ2n) is 6.44. The minimum Gasteiger partial charge on any atom is -0.494 e. The molecule has 0 aliphatic carbocycles. The molecule has 5 nitrogen and oxygen atoms in total. The van der Waals surface area contributed by atoms with Crippen molar-refractivity contribution in [3.63, 3.8) is 0 Å². The number of aryl methyl sites for hydroxylation is 3. The maximum Gasteiger partial charge on any atom is 0.306 e. The highest BCUT2D eigenvalue weighted by atomic mass is 16.5. The molecule has 0 saturated carbocycles. The Hall–Kier alpha value is -2.82. The smallest absolute Gasteiger partial charge is 0.306 e. The first-order valence-electron chi connectivity index (χ1n) is 9.23. The normalized spacial score (nSPS) is 10.3. The first-order valence-corrected chi connectivity index (χ1v) is 9.23. The molecular formula is C22H27NO4. The number of benzene rings is 2. The van der Waals surface area contributed by atoms with Gasteiger partial charge >= 0.3 is 5.97 Å². The Morgan fingerprint density at radius 3 is 2.59 bits per heavy atom. The van der Waals surface area contributed by atoms with Crippen molar-refractivity contribution in [2.75, 3.05) is 18.5 Å². The van der Waals surface area contributed by atoms with Gasteiger partial charge in [0.15, 0.2) is 6.61 Å². The van der Waals surface area contributed by atoms with E-state index in [0.29, 0.717) is 13.0 Å². The van der Waals surface area contributed by atoms with E-state index in [1.54, 1.807) is 0 Å². The van der Waals surface area contributed by atoms with Crippen molar-refractivity contribution in [3.8, 4) is 5.75 Å². The number of hydrogen-bond donors (Lipinski definition) is 1. The Bertz CT molecular complexity index is 786. The molecule has 5 heteroatoms. The Morgan fingerprint density at radius 2 is 1.85 bits per heavy atom. The van der Waals surface area contributed by atoms with Crippen LogP contribution in [0.5, 0.6) is 5.75 Å². The lowest BCUT2D eigenvalue weighted by Gasteiger charge is -2.13. The summed E-state index contributed by atoms with van der Waals surface area (Å²) in [7, 11) is 0. The van der Waals surface area contributed by atoms with Gasteiger partial charge in [-0.25, -0.2) is 0 Å². The maximum atomic E-state index is 12.1. The summed E-state index contributed by atoms with van der Waals surface area (Å²) in [6.45, 7) is 6.11. The molecule has 2 aromatic carbocycles. The number of hydrogen-bond acceptors (Lipinski definition) is 4. The molecule has 1 amide bonds. The zero-order valence-corrected chi connectivity index (χ0v) is 16.2. The van der Waals surface area contributed by atoms with Gasteiger partial charge in [-0.05, 0) is 55.5 Å². The molecule has 0 aromatic heterocycles. The molecule has 0 atom stereocenters. The molecular weight excluding hydrogens is 342 g/mol. The second kappa shape index (κ2) is 10.4. The molecule has 0 bridgehead atoms. The van der Waals surface area contributed by atoms with E-state index in [0.717, 1.165) is 34.5 Å². The molecule has 0 spiro atoms. The Balaban J connectivity index is 1.68. The average molecular weight is 369 g/mol. The van der Waals surface area contributed by atoms with Crippen LogP contribution in [0.1, 0.15) is 36.5 Å². The van der Waals surface area contributed by atoms with E-state index in [1.807, 2.05) is 63.2 Å². The van der Waals surface area contributed by atoms with E-state index in [2.05, 4.69) is 5.32 Å². The first-order chi connectivity index (χ1) is 13.0. The summed E-state index contributed by atoms with van der Waals surface area (Å²) in [6.07, 6.45) is 1.56. The average Bonchev–Trinajstić information content (AvgIpc) is 2.65. The third-order valence-electron chi connectivity index (χ3n) is 4.15. The molecule has 0 fully saturated rings. The predicted octanol–water partition coefficient (Wildman–Crippen LogP) is 4.21. The van der Waals surface area contributed by atoms with Crippen molar-refractivity contribution in [1.29, 1.82) is 0 Å². The largest absolute Gasteiger partial charge is 0.494 e. The van der Waals surface area contributed by atoms with E-state index in [1.165, 1.54) is 0 Å². The molecule has 144 valence electrons. The Morgan fingerprint density at radius 1 is 1.07 bits per heavy atom. The van der Waals surface area contributed by atoms with Crippen molar-refractivity contribution < 1.29 is 19.1 Å². The molecule has 2 aromatic rings. The first kappa shape index (κ1) is 20.5. The second-order valence-corrected chi connectivity index (χ2v) is 6.44. The summed E-state index contributed by atoms with van der Waals surface area (Å²) >= 11 is 0. The van der Waals surface area contributed by atoms with E-state index in [4.69, 9.17) is 9.47 Å². The van der Waals surface area contributed by atoms with Gasteiger partial charge in [0.25, 0.3) is 5.91 Å². The standard InChI is InChI=1S/C22H27NO4/c1-4-18-10-6-9-17(3)22(18)23-20(24)15-27-21(25)12-7-13-26-19-11-5-8-16(2)14-19/h5-6,8-11,14H,4,7,12-13,15H2,1-3H3,(H,23,24). The molecule has 0 unspecified atom stereocenters. The van der Waals surface area contributed by atoms with Gasteiger partial charge in [-0.2, -0.15) is 0 Å². The molecule has 0 saturated heterocycles. The lowest BCUT2D eigenvalue weighted by Crippen LogP contribution is -2.22. The van der Waals surface area contributed by atoms with Crippen molar-refractivity contribution in [2.24, 2.45) is 0 Å². The summed E-state index contributed by atoms with van der Waals surface area (Å²) in [6, 6.07) is 13.6. The van der Waals surface area contributed by atoms with Crippen molar-refractivity contribution in [2.45, 2.75) is 40.0 Å². The number of ether oxygens (including phenoxy) is 2. The third-order valence-corrected chi connectivity index (χ3v) is 4.15. The molecule has 2 rings (SSSR count). The van der Waals surface area contributed by atoms with Crippen LogP contribution in [0.3, 0.4) is 0 Å². The number of rotatable bonds is 9. The van der Waals surface area contributed by atoms with Crippen LogP contribution in [0.4, 0.5) is 5.69 Å². The zero-order chi connectivity index (χ0) is 19.6. The number of amides is 1. The van der Waals surface area contributed by atoms with Gasteiger partial charge < -0.3 is 14.8 Å². The Kier molecular flexibility index (Phi) is 7.86. The van der Waals surface area contributed by atoms with Crippen molar-refractivity contribution in [3.05, 3.63) is 59.2 Å². The topological polar surface area (TPSA) is 64.6 Å². The van der Waals surface area contributed by atoms with Crippen molar-refractivity contribution >= 4 is 17.6 Å². The van der Waals surface area contributed by atoms with Gasteiger partial charge in [-0.15, -0.1) is 0 Å². The highest BCUT2D eigenvalue weighted by molar-refractivity contribution is 5.94. The molecule has 0 aliphatic rings. The fourth-order valence-corrected chi connectivity index (χ4v) is 2.71. The molecule has 1 N–H and O–H groups in total. The number of nitrogens with one attached hydrogen (secondary N) is 1. The lowest BCUT2D eigenvalue weighted by molar-refractivity contribution is -0.147. The number of esters is 1. The van der Waals surface area contributed by atoms with Gasteiger partial charge in [0.1, 0.15) is 5.75 Å². The van der Waals surface area contributed by atoms with E-state index >= 15 is 0 Å². The highest BCUT2D eigenvalue weighted by Gasteiger charge is 2.11. The van der Waals surface area contributed by atoms with Gasteiger partial charge in [-0.1, -0.05) is 37.3 Å². The summed E-state index contributed by atoms with van der Waals surface area (Å²) in [5.74, 6) is 0.0505. The summed E-state index contributed by atoms with van der Waals surface area (Å²) < 4.78 is 10.6. The van der Waals surface area contributed by atoms with Crippen LogP contribution < -0.4 is 10.1 Å². The Labute approximate surface area is 160 Å². The summed E-state index contributed by atoms with van der Waals surface area (Å²) in [4.78, 5) is 23.9. The number of carbonyl (C=O) groups excluding carboxylic acids is 2. The van der Waals surface area contributed by atoms with E-state index < -0.39 is 5.97 Å². The lowest BCUT2D eigenvalue weighted by atomic mass is 10.1. The predicted molar refractivity (Wildman–Crippen MR) is 106 cm³/mol. The van der Waals surface area contributed by atoms with Gasteiger partial charge in [-0.3, -0.25) is 9.59 Å². The van der Waals surface area contributed by atoms with Crippen LogP contribution >= 0.6 is 0 Å². The molecule has 27 heavy (non-hydrogen) atoms. The minimum absolute atomic E-state index is 0.212. The quantitative estimate of drug-likeness (QED) is 0.531. The molecule has 0 aliphatic heterocycles. The van der Waals surface area contributed by atoms with Gasteiger partial charge in [0.05, 0.1) is 6.61 Å². The van der Waals surface area contributed by atoms with Crippen LogP contribution in [-0.4, -0.2) is 25.1 Å². The number of carbonyl (C=O) groups is 2. The molecule has 0 heterocycles. The highest BCUT2D eigenvalue weighted by Crippen LogP contribution is 2.21. The monoisotopic (exact) mass is 369 g/mol. The van der Waals surface area contributed by atoms with Crippen LogP contribution in [0.2, 0.25) is 0 Å². The number of anilines is 1. The van der Waals surface area contributed by atoms with E-state index in [-0.39, 0.29) is 18.9 Å². The van der Waals surface area contributed by atoms with E-state index in [9.17, 15) is 9.59 Å². The van der Waals surface area contributed by atoms with Crippen molar-refractivity contribution in [1.82, 2.24) is 0 Å². The van der Waals surface area contributed by atoms with Crippen LogP contribution in [-0.2, 0) is 20.7 Å². The third kappa shape index (κ3) is 6.77. The maximum absolute atomic E-state index is 12.1. The fourth-order valence-electron chi connectivity index (χ4n) is 2.71. The molecule has 0 radical (unpaired) electrons. The number of para-hydroxylation sites is 1. The van der Waals surface area contributed by atoms with Crippen LogP contribution in [0, 0.1) is 13.8 Å². The summed E-state index contributed by atoms with van der Waals surface area (Å²) in [5, 5.41) is 2.84. The zero-order valence-electron chi connectivity index (χ0n) is 16.2. The SMILES string of the molecule is CCc1cccc(C)c1NC(=O)COC(=O)CCCOc1cccc(C)c1. The van der Waals surface area contributed by atoms with Gasteiger partial charge in [0, 0.05) is 12.1 Å². The minimum atomic E-state index is -0.404. The fraction of sp³-hybridized carbons (Fsp3) is 0.364. The van der Waals surface area contributed by atoms with Gasteiger partial charge in [0.2, 0.25) is 0 Å².